The summed E-state index contributed by atoms with van der Waals surface area (Å²) < 4.78 is 6.96. The summed E-state index contributed by atoms with van der Waals surface area (Å²) in [6, 6.07) is 23.9. The summed E-state index contributed by atoms with van der Waals surface area (Å²) in [5, 5.41) is 6.84. The van der Waals surface area contributed by atoms with E-state index in [4.69, 9.17) is 4.74 Å². The number of piperidine rings is 1. The Morgan fingerprint density at radius 3 is 2.47 bits per heavy atom. The molecule has 0 aliphatic carbocycles. The molecule has 1 aromatic heterocycles. The molecule has 1 amide bonds. The lowest BCUT2D eigenvalue weighted by atomic mass is 9.99. The Balaban J connectivity index is 1.51. The third kappa shape index (κ3) is 4.63. The van der Waals surface area contributed by atoms with Gasteiger partial charge in [0.25, 0.3) is 5.91 Å². The minimum atomic E-state index is -0.458. The zero-order valence-corrected chi connectivity index (χ0v) is 20.8. The molecule has 0 spiro atoms. The SMILES string of the molecule is CCOC(=O)c1cc(-c2ccc3ccccc3c2)n(-c2ccc(C(=O)N3CCCC[C@H]3CC)cc2)n1. The van der Waals surface area contributed by atoms with Crippen molar-refractivity contribution in [2.45, 2.75) is 45.6 Å². The van der Waals surface area contributed by atoms with Crippen LogP contribution in [-0.4, -0.2) is 45.8 Å². The molecular formula is C30H31N3O3. The molecule has 3 aromatic carbocycles. The second-order valence-electron chi connectivity index (χ2n) is 9.21. The molecule has 1 atom stereocenters. The molecule has 1 aliphatic heterocycles. The number of ether oxygens (including phenoxy) is 1. The molecule has 36 heavy (non-hydrogen) atoms. The summed E-state index contributed by atoms with van der Waals surface area (Å²) in [4.78, 5) is 27.8. The fourth-order valence-electron chi connectivity index (χ4n) is 5.04. The summed E-state index contributed by atoms with van der Waals surface area (Å²) in [5.41, 5.74) is 3.42. The molecule has 5 rings (SSSR count). The number of benzene rings is 3. The van der Waals surface area contributed by atoms with Gasteiger partial charge in [-0.25, -0.2) is 9.48 Å². The predicted molar refractivity (Wildman–Crippen MR) is 141 cm³/mol. The molecule has 0 N–H and O–H groups in total. The van der Waals surface area contributed by atoms with E-state index >= 15 is 0 Å². The van der Waals surface area contributed by atoms with Gasteiger partial charge in [-0.05, 0) is 79.8 Å². The standard InChI is InChI=1S/C30H31N3O3/c1-3-25-11-7-8-18-32(25)29(34)22-14-16-26(17-15-22)33-28(20-27(31-33)30(35)36-4-2)24-13-12-21-9-5-6-10-23(21)19-24/h5-6,9-10,12-17,19-20,25H,3-4,7-8,11,18H2,1-2H3/t25-/m1/s1. The van der Waals surface area contributed by atoms with Crippen molar-refractivity contribution in [3.63, 3.8) is 0 Å². The summed E-state index contributed by atoms with van der Waals surface area (Å²) >= 11 is 0. The van der Waals surface area contributed by atoms with Crippen molar-refractivity contribution in [2.24, 2.45) is 0 Å². The summed E-state index contributed by atoms with van der Waals surface area (Å²) in [5.74, 6) is -0.378. The fraction of sp³-hybridized carbons (Fsp3) is 0.300. The van der Waals surface area contributed by atoms with Crippen LogP contribution in [0.15, 0.2) is 72.8 Å². The molecule has 2 heterocycles. The van der Waals surface area contributed by atoms with Crippen molar-refractivity contribution in [2.75, 3.05) is 13.2 Å². The van der Waals surface area contributed by atoms with Crippen LogP contribution < -0.4 is 0 Å². The van der Waals surface area contributed by atoms with Crippen LogP contribution in [0.5, 0.6) is 0 Å². The van der Waals surface area contributed by atoms with Crippen LogP contribution >= 0.6 is 0 Å². The second-order valence-corrected chi connectivity index (χ2v) is 9.21. The van der Waals surface area contributed by atoms with Crippen molar-refractivity contribution in [3.8, 4) is 16.9 Å². The van der Waals surface area contributed by atoms with E-state index in [0.717, 1.165) is 53.5 Å². The van der Waals surface area contributed by atoms with Crippen LogP contribution in [0, 0.1) is 0 Å². The lowest BCUT2D eigenvalue weighted by Crippen LogP contribution is -2.43. The van der Waals surface area contributed by atoms with Gasteiger partial charge in [-0.3, -0.25) is 4.79 Å². The van der Waals surface area contributed by atoms with Crippen LogP contribution in [0.4, 0.5) is 0 Å². The fourth-order valence-corrected chi connectivity index (χ4v) is 5.04. The summed E-state index contributed by atoms with van der Waals surface area (Å²) in [6.07, 6.45) is 4.28. The molecule has 1 fully saturated rings. The molecule has 0 unspecified atom stereocenters. The number of aromatic nitrogens is 2. The van der Waals surface area contributed by atoms with Crippen LogP contribution in [-0.2, 0) is 4.74 Å². The molecule has 184 valence electrons. The van der Waals surface area contributed by atoms with Gasteiger partial charge in [-0.15, -0.1) is 0 Å². The van der Waals surface area contributed by atoms with Gasteiger partial charge >= 0.3 is 5.97 Å². The number of hydrogen-bond donors (Lipinski definition) is 0. The lowest BCUT2D eigenvalue weighted by Gasteiger charge is -2.35. The van der Waals surface area contributed by atoms with E-state index in [0.29, 0.717) is 11.6 Å². The number of fused-ring (bicyclic) bond motifs is 1. The van der Waals surface area contributed by atoms with E-state index in [1.165, 1.54) is 6.42 Å². The first-order chi connectivity index (χ1) is 17.6. The smallest absolute Gasteiger partial charge is 0.358 e. The normalized spacial score (nSPS) is 15.7. The van der Waals surface area contributed by atoms with Crippen LogP contribution in [0.25, 0.3) is 27.7 Å². The van der Waals surface area contributed by atoms with Gasteiger partial charge in [0.2, 0.25) is 0 Å². The van der Waals surface area contributed by atoms with Crippen molar-refractivity contribution < 1.29 is 14.3 Å². The predicted octanol–water partition coefficient (Wildman–Crippen LogP) is 6.27. The van der Waals surface area contributed by atoms with E-state index in [9.17, 15) is 9.59 Å². The molecular weight excluding hydrogens is 450 g/mol. The number of amides is 1. The van der Waals surface area contributed by atoms with Crippen LogP contribution in [0.3, 0.4) is 0 Å². The number of rotatable bonds is 6. The first-order valence-corrected chi connectivity index (χ1v) is 12.8. The lowest BCUT2D eigenvalue weighted by molar-refractivity contribution is 0.0518. The highest BCUT2D eigenvalue weighted by Crippen LogP contribution is 2.28. The third-order valence-electron chi connectivity index (χ3n) is 6.96. The number of hydrogen-bond acceptors (Lipinski definition) is 4. The maximum absolute atomic E-state index is 13.2. The Morgan fingerprint density at radius 2 is 1.72 bits per heavy atom. The highest BCUT2D eigenvalue weighted by Gasteiger charge is 2.26. The quantitative estimate of drug-likeness (QED) is 0.304. The van der Waals surface area contributed by atoms with Crippen molar-refractivity contribution in [1.29, 1.82) is 0 Å². The molecule has 1 aliphatic rings. The Bertz CT molecular complexity index is 1390. The molecule has 6 heteroatoms. The maximum atomic E-state index is 13.2. The van der Waals surface area contributed by atoms with E-state index in [1.54, 1.807) is 17.7 Å². The summed E-state index contributed by atoms with van der Waals surface area (Å²) in [7, 11) is 0. The van der Waals surface area contributed by atoms with Gasteiger partial charge in [-0.1, -0.05) is 43.3 Å². The number of carbonyl (C=O) groups excluding carboxylic acids is 2. The van der Waals surface area contributed by atoms with Gasteiger partial charge in [-0.2, -0.15) is 5.10 Å². The van der Waals surface area contributed by atoms with E-state index in [1.807, 2.05) is 47.4 Å². The Morgan fingerprint density at radius 1 is 0.944 bits per heavy atom. The second kappa shape index (κ2) is 10.4. The molecule has 0 bridgehead atoms. The monoisotopic (exact) mass is 481 g/mol. The van der Waals surface area contributed by atoms with Gasteiger partial charge < -0.3 is 9.64 Å². The van der Waals surface area contributed by atoms with E-state index < -0.39 is 5.97 Å². The zero-order chi connectivity index (χ0) is 25.1. The minimum absolute atomic E-state index is 0.0792. The molecule has 0 radical (unpaired) electrons. The molecule has 0 saturated carbocycles. The van der Waals surface area contributed by atoms with Crippen molar-refractivity contribution in [3.05, 3.63) is 84.1 Å². The Kier molecular flexibility index (Phi) is 6.85. The van der Waals surface area contributed by atoms with E-state index in [2.05, 4.69) is 36.3 Å². The number of carbonyl (C=O) groups is 2. The molecule has 4 aromatic rings. The third-order valence-corrected chi connectivity index (χ3v) is 6.96. The average Bonchev–Trinajstić information content (AvgIpc) is 3.38. The van der Waals surface area contributed by atoms with E-state index in [-0.39, 0.29) is 18.2 Å². The van der Waals surface area contributed by atoms with Gasteiger partial charge in [0.15, 0.2) is 5.69 Å². The van der Waals surface area contributed by atoms with Crippen molar-refractivity contribution >= 4 is 22.6 Å². The molecule has 6 nitrogen and oxygen atoms in total. The van der Waals surface area contributed by atoms with Crippen molar-refractivity contribution in [1.82, 2.24) is 14.7 Å². The van der Waals surface area contributed by atoms with Gasteiger partial charge in [0.1, 0.15) is 0 Å². The van der Waals surface area contributed by atoms with Crippen LogP contribution in [0.2, 0.25) is 0 Å². The van der Waals surface area contributed by atoms with Crippen LogP contribution in [0.1, 0.15) is 60.4 Å². The Labute approximate surface area is 211 Å². The first kappa shape index (κ1) is 23.8. The number of esters is 1. The largest absolute Gasteiger partial charge is 0.461 e. The van der Waals surface area contributed by atoms with Gasteiger partial charge in [0, 0.05) is 23.7 Å². The first-order valence-electron chi connectivity index (χ1n) is 12.8. The summed E-state index contributed by atoms with van der Waals surface area (Å²) in [6.45, 7) is 5.02. The highest BCUT2D eigenvalue weighted by atomic mass is 16.5. The topological polar surface area (TPSA) is 64.4 Å². The highest BCUT2D eigenvalue weighted by molar-refractivity contribution is 5.95. The maximum Gasteiger partial charge on any atom is 0.358 e. The molecule has 1 saturated heterocycles. The minimum Gasteiger partial charge on any atom is -0.461 e. The zero-order valence-electron chi connectivity index (χ0n) is 20.8. The number of nitrogens with zero attached hydrogens (tertiary/aromatic N) is 3. The van der Waals surface area contributed by atoms with Gasteiger partial charge in [0.05, 0.1) is 18.0 Å². The average molecular weight is 482 g/mol. The number of likely N-dealkylation sites (tertiary alicyclic amines) is 1. The Hall–Kier alpha value is -3.93.